The largest absolute Gasteiger partial charge is 0.436 e. The highest BCUT2D eigenvalue weighted by molar-refractivity contribution is 14.1. The topological polar surface area (TPSA) is 51.3 Å². The SMILES string of the molecule is Ic1ccc(C=Nc2ccc3oc(-c4ccncc4)nc3c2)cc1. The molecule has 0 unspecified atom stereocenters. The Bertz CT molecular complexity index is 1010. The Morgan fingerprint density at radius 2 is 1.75 bits per heavy atom. The summed E-state index contributed by atoms with van der Waals surface area (Å²) >= 11 is 2.29. The fraction of sp³-hybridized carbons (Fsp3) is 0. The third-order valence-electron chi connectivity index (χ3n) is 3.53. The first-order chi connectivity index (χ1) is 11.8. The lowest BCUT2D eigenvalue weighted by Gasteiger charge is -1.95. The summed E-state index contributed by atoms with van der Waals surface area (Å²) in [7, 11) is 0. The summed E-state index contributed by atoms with van der Waals surface area (Å²) in [5.74, 6) is 0.589. The lowest BCUT2D eigenvalue weighted by molar-refractivity contribution is 0.619. The van der Waals surface area contributed by atoms with Crippen molar-refractivity contribution >= 4 is 45.6 Å². The Morgan fingerprint density at radius 1 is 0.958 bits per heavy atom. The molecule has 116 valence electrons. The minimum absolute atomic E-state index is 0.589. The molecule has 4 rings (SSSR count). The number of pyridine rings is 1. The van der Waals surface area contributed by atoms with Gasteiger partial charge in [-0.3, -0.25) is 9.98 Å². The molecule has 24 heavy (non-hydrogen) atoms. The highest BCUT2D eigenvalue weighted by Crippen LogP contribution is 2.26. The van der Waals surface area contributed by atoms with E-state index in [0.29, 0.717) is 5.89 Å². The molecule has 0 radical (unpaired) electrons. The van der Waals surface area contributed by atoms with Crippen LogP contribution in [0.4, 0.5) is 5.69 Å². The number of fused-ring (bicyclic) bond motifs is 1. The Morgan fingerprint density at radius 3 is 2.54 bits per heavy atom. The Kier molecular flexibility index (Phi) is 4.08. The van der Waals surface area contributed by atoms with Crippen molar-refractivity contribution in [1.82, 2.24) is 9.97 Å². The lowest BCUT2D eigenvalue weighted by Crippen LogP contribution is -1.80. The van der Waals surface area contributed by atoms with E-state index in [9.17, 15) is 0 Å². The summed E-state index contributed by atoms with van der Waals surface area (Å²) in [5, 5.41) is 0. The molecule has 0 saturated heterocycles. The average molecular weight is 425 g/mol. The average Bonchev–Trinajstić information content (AvgIpc) is 3.05. The molecule has 5 heteroatoms. The molecule has 0 aliphatic carbocycles. The Labute approximate surface area is 152 Å². The summed E-state index contributed by atoms with van der Waals surface area (Å²) in [5.41, 5.74) is 4.35. The quantitative estimate of drug-likeness (QED) is 0.333. The predicted octanol–water partition coefficient (Wildman–Crippen LogP) is 5.25. The van der Waals surface area contributed by atoms with Crippen LogP contribution >= 0.6 is 22.6 Å². The molecule has 0 N–H and O–H groups in total. The van der Waals surface area contributed by atoms with E-state index >= 15 is 0 Å². The molecule has 0 amide bonds. The van der Waals surface area contributed by atoms with Crippen molar-refractivity contribution in [1.29, 1.82) is 0 Å². The fourth-order valence-electron chi connectivity index (χ4n) is 2.31. The van der Waals surface area contributed by atoms with Gasteiger partial charge in [0, 0.05) is 27.7 Å². The zero-order valence-electron chi connectivity index (χ0n) is 12.6. The molecule has 0 aliphatic rings. The van der Waals surface area contributed by atoms with Crippen molar-refractivity contribution in [3.8, 4) is 11.5 Å². The number of benzene rings is 2. The second-order valence-electron chi connectivity index (χ2n) is 5.22. The second-order valence-corrected chi connectivity index (χ2v) is 6.46. The summed E-state index contributed by atoms with van der Waals surface area (Å²) in [6.07, 6.45) is 5.29. The van der Waals surface area contributed by atoms with E-state index in [1.165, 1.54) is 3.57 Å². The number of aromatic nitrogens is 2. The van der Waals surface area contributed by atoms with E-state index < -0.39 is 0 Å². The molecule has 0 saturated carbocycles. The number of hydrogen-bond acceptors (Lipinski definition) is 4. The van der Waals surface area contributed by atoms with Crippen molar-refractivity contribution in [2.24, 2.45) is 4.99 Å². The van der Waals surface area contributed by atoms with Crippen LogP contribution in [0.15, 0.2) is 76.4 Å². The molecule has 0 aliphatic heterocycles. The van der Waals surface area contributed by atoms with Crippen LogP contribution in [0.2, 0.25) is 0 Å². The number of rotatable bonds is 3. The van der Waals surface area contributed by atoms with Gasteiger partial charge in [0.1, 0.15) is 5.52 Å². The monoisotopic (exact) mass is 425 g/mol. The number of hydrogen-bond donors (Lipinski definition) is 0. The number of oxazole rings is 1. The van der Waals surface area contributed by atoms with Gasteiger partial charge in [-0.25, -0.2) is 4.98 Å². The van der Waals surface area contributed by atoms with Gasteiger partial charge in [-0.2, -0.15) is 0 Å². The van der Waals surface area contributed by atoms with Crippen LogP contribution in [-0.2, 0) is 0 Å². The molecule has 2 heterocycles. The third kappa shape index (κ3) is 3.21. The van der Waals surface area contributed by atoms with E-state index in [-0.39, 0.29) is 0 Å². The highest BCUT2D eigenvalue weighted by atomic mass is 127. The van der Waals surface area contributed by atoms with Crippen molar-refractivity contribution in [2.45, 2.75) is 0 Å². The zero-order valence-corrected chi connectivity index (χ0v) is 14.7. The predicted molar refractivity (Wildman–Crippen MR) is 104 cm³/mol. The molecule has 4 aromatic rings. The van der Waals surface area contributed by atoms with Gasteiger partial charge in [-0.05, 0) is 70.6 Å². The highest BCUT2D eigenvalue weighted by Gasteiger charge is 2.08. The summed E-state index contributed by atoms with van der Waals surface area (Å²) < 4.78 is 7.00. The smallest absolute Gasteiger partial charge is 0.227 e. The van der Waals surface area contributed by atoms with Crippen LogP contribution < -0.4 is 0 Å². The van der Waals surface area contributed by atoms with Crippen molar-refractivity contribution in [2.75, 3.05) is 0 Å². The van der Waals surface area contributed by atoms with Crippen LogP contribution in [0.5, 0.6) is 0 Å². The second kappa shape index (κ2) is 6.52. The first-order valence-electron chi connectivity index (χ1n) is 7.38. The standard InChI is InChI=1S/C19H12IN3O/c20-15-3-1-13(2-4-15)12-22-16-5-6-18-17(11-16)23-19(24-18)14-7-9-21-10-8-14/h1-12H. The maximum absolute atomic E-state index is 5.79. The van der Waals surface area contributed by atoms with E-state index in [1.807, 2.05) is 48.7 Å². The number of nitrogens with zero attached hydrogens (tertiary/aromatic N) is 3. The van der Waals surface area contributed by atoms with E-state index in [4.69, 9.17) is 4.42 Å². The van der Waals surface area contributed by atoms with Crippen LogP contribution in [0.25, 0.3) is 22.6 Å². The van der Waals surface area contributed by atoms with Gasteiger partial charge in [0.05, 0.1) is 5.69 Å². The minimum Gasteiger partial charge on any atom is -0.436 e. The van der Waals surface area contributed by atoms with E-state index in [2.05, 4.69) is 49.7 Å². The van der Waals surface area contributed by atoms with Gasteiger partial charge < -0.3 is 4.42 Å². The van der Waals surface area contributed by atoms with Gasteiger partial charge in [0.2, 0.25) is 5.89 Å². The van der Waals surface area contributed by atoms with Gasteiger partial charge >= 0.3 is 0 Å². The van der Waals surface area contributed by atoms with E-state index in [0.717, 1.165) is 27.9 Å². The summed E-state index contributed by atoms with van der Waals surface area (Å²) in [6, 6.07) is 17.7. The number of halogens is 1. The van der Waals surface area contributed by atoms with Crippen LogP contribution in [-0.4, -0.2) is 16.2 Å². The minimum atomic E-state index is 0.589. The Balaban J connectivity index is 1.64. The molecule has 2 aromatic carbocycles. The molecule has 0 bridgehead atoms. The molecular formula is C19H12IN3O. The van der Waals surface area contributed by atoms with Crippen molar-refractivity contribution < 1.29 is 4.42 Å². The lowest BCUT2D eigenvalue weighted by atomic mass is 10.2. The maximum atomic E-state index is 5.79. The molecule has 0 spiro atoms. The van der Waals surface area contributed by atoms with Crippen molar-refractivity contribution in [3.05, 3.63) is 76.1 Å². The normalized spacial score (nSPS) is 11.4. The van der Waals surface area contributed by atoms with Crippen molar-refractivity contribution in [3.63, 3.8) is 0 Å². The first-order valence-corrected chi connectivity index (χ1v) is 8.46. The first kappa shape index (κ1) is 15.0. The summed E-state index contributed by atoms with van der Waals surface area (Å²) in [6.45, 7) is 0. The van der Waals surface area contributed by atoms with Crippen LogP contribution in [0.1, 0.15) is 5.56 Å². The molecule has 0 fully saturated rings. The zero-order chi connectivity index (χ0) is 16.4. The Hall–Kier alpha value is -2.54. The van der Waals surface area contributed by atoms with Gasteiger partial charge in [0.15, 0.2) is 5.58 Å². The number of aliphatic imine (C=N–C) groups is 1. The van der Waals surface area contributed by atoms with Crippen LogP contribution in [0.3, 0.4) is 0 Å². The van der Waals surface area contributed by atoms with Crippen LogP contribution in [0, 0.1) is 3.57 Å². The molecule has 0 atom stereocenters. The molecule has 4 nitrogen and oxygen atoms in total. The molecule has 2 aromatic heterocycles. The van der Waals surface area contributed by atoms with Gasteiger partial charge in [-0.15, -0.1) is 0 Å². The van der Waals surface area contributed by atoms with Gasteiger partial charge in [0.25, 0.3) is 0 Å². The van der Waals surface area contributed by atoms with Gasteiger partial charge in [-0.1, -0.05) is 12.1 Å². The molecular weight excluding hydrogens is 413 g/mol. The van der Waals surface area contributed by atoms with E-state index in [1.54, 1.807) is 12.4 Å². The maximum Gasteiger partial charge on any atom is 0.227 e. The summed E-state index contributed by atoms with van der Waals surface area (Å²) in [4.78, 5) is 13.1. The fourth-order valence-corrected chi connectivity index (χ4v) is 2.67. The third-order valence-corrected chi connectivity index (χ3v) is 4.25.